The van der Waals surface area contributed by atoms with E-state index < -0.39 is 0 Å². The molecular formula is C10H13BrN2. The van der Waals surface area contributed by atoms with Gasteiger partial charge in [-0.15, -0.1) is 6.58 Å². The molecule has 0 saturated carbocycles. The average molecular weight is 241 g/mol. The number of nitrogens with zero attached hydrogens (tertiary/aromatic N) is 1. The van der Waals surface area contributed by atoms with Gasteiger partial charge in [-0.3, -0.25) is 4.98 Å². The minimum atomic E-state index is -0.0625. The molecule has 0 saturated heterocycles. The van der Waals surface area contributed by atoms with E-state index in [1.54, 1.807) is 6.08 Å². The van der Waals surface area contributed by atoms with E-state index in [0.29, 0.717) is 0 Å². The van der Waals surface area contributed by atoms with Crippen LogP contribution in [0.3, 0.4) is 0 Å². The molecular weight excluding hydrogens is 228 g/mol. The minimum Gasteiger partial charge on any atom is -0.322 e. The lowest BCUT2D eigenvalue weighted by molar-refractivity contribution is 0.708. The van der Waals surface area contributed by atoms with Gasteiger partial charge in [-0.2, -0.15) is 0 Å². The topological polar surface area (TPSA) is 38.9 Å². The summed E-state index contributed by atoms with van der Waals surface area (Å²) in [6.45, 7) is 5.65. The molecule has 1 atom stereocenters. The van der Waals surface area contributed by atoms with Crippen molar-refractivity contribution >= 4 is 15.9 Å². The normalized spacial score (nSPS) is 12.5. The molecule has 0 aromatic carbocycles. The van der Waals surface area contributed by atoms with E-state index in [2.05, 4.69) is 27.5 Å². The molecule has 0 radical (unpaired) electrons. The molecule has 1 aromatic heterocycles. The summed E-state index contributed by atoms with van der Waals surface area (Å²) in [7, 11) is 0. The summed E-state index contributed by atoms with van der Waals surface area (Å²) in [5.74, 6) is 0. The van der Waals surface area contributed by atoms with Crippen molar-refractivity contribution in [3.8, 4) is 0 Å². The number of rotatable bonds is 3. The fourth-order valence-electron chi connectivity index (χ4n) is 1.11. The van der Waals surface area contributed by atoms with Crippen LogP contribution in [0.15, 0.2) is 29.4 Å². The first-order valence-corrected chi connectivity index (χ1v) is 4.93. The van der Waals surface area contributed by atoms with E-state index in [-0.39, 0.29) is 6.04 Å². The summed E-state index contributed by atoms with van der Waals surface area (Å²) < 4.78 is 0.974. The summed E-state index contributed by atoms with van der Waals surface area (Å²) in [6, 6.07) is 1.96. The highest BCUT2D eigenvalue weighted by atomic mass is 79.9. The lowest BCUT2D eigenvalue weighted by atomic mass is 10.1. The van der Waals surface area contributed by atoms with E-state index in [9.17, 15) is 0 Å². The Morgan fingerprint density at radius 2 is 2.46 bits per heavy atom. The Kier molecular flexibility index (Phi) is 3.63. The second-order valence-electron chi connectivity index (χ2n) is 3.01. The van der Waals surface area contributed by atoms with Gasteiger partial charge >= 0.3 is 0 Å². The Labute approximate surface area is 87.0 Å². The van der Waals surface area contributed by atoms with E-state index in [1.807, 2.05) is 19.2 Å². The quantitative estimate of drug-likeness (QED) is 0.826. The molecule has 13 heavy (non-hydrogen) atoms. The molecule has 1 aromatic rings. The van der Waals surface area contributed by atoms with Crippen molar-refractivity contribution < 1.29 is 0 Å². The zero-order valence-corrected chi connectivity index (χ0v) is 9.21. The third kappa shape index (κ3) is 2.64. The summed E-state index contributed by atoms with van der Waals surface area (Å²) in [5.41, 5.74) is 7.91. The first kappa shape index (κ1) is 10.4. The first-order chi connectivity index (χ1) is 6.15. The summed E-state index contributed by atoms with van der Waals surface area (Å²) >= 11 is 3.44. The highest BCUT2D eigenvalue weighted by Gasteiger charge is 2.09. The minimum absolute atomic E-state index is 0.0625. The van der Waals surface area contributed by atoms with Crippen molar-refractivity contribution in [2.75, 3.05) is 0 Å². The molecule has 0 amide bonds. The van der Waals surface area contributed by atoms with Gasteiger partial charge in [-0.1, -0.05) is 6.08 Å². The fourth-order valence-corrected chi connectivity index (χ4v) is 1.87. The highest BCUT2D eigenvalue weighted by Crippen LogP contribution is 2.22. The second kappa shape index (κ2) is 4.53. The van der Waals surface area contributed by atoms with Crippen LogP contribution in [0.1, 0.15) is 23.7 Å². The van der Waals surface area contributed by atoms with Crippen molar-refractivity contribution in [3.63, 3.8) is 0 Å². The van der Waals surface area contributed by atoms with Crippen molar-refractivity contribution in [2.24, 2.45) is 5.73 Å². The predicted octanol–water partition coefficient (Wildman–Crippen LogP) is 2.73. The zero-order valence-electron chi connectivity index (χ0n) is 7.63. The average Bonchev–Trinajstić information content (AvgIpc) is 2.04. The predicted molar refractivity (Wildman–Crippen MR) is 58.4 cm³/mol. The van der Waals surface area contributed by atoms with Crippen LogP contribution in [0.4, 0.5) is 0 Å². The SMILES string of the molecule is C=CCC(N)c1ncc(C)cc1Br. The number of nitrogens with two attached hydrogens (primary N) is 1. The molecule has 0 spiro atoms. The molecule has 0 aliphatic rings. The molecule has 1 unspecified atom stereocenters. The van der Waals surface area contributed by atoms with Crippen LogP contribution in [0, 0.1) is 6.92 Å². The molecule has 1 heterocycles. The molecule has 2 N–H and O–H groups in total. The van der Waals surface area contributed by atoms with Gasteiger partial charge < -0.3 is 5.73 Å². The second-order valence-corrected chi connectivity index (χ2v) is 3.86. The molecule has 3 heteroatoms. The number of halogens is 1. The Bertz CT molecular complexity index is 310. The van der Waals surface area contributed by atoms with Gasteiger partial charge in [0.2, 0.25) is 0 Å². The number of hydrogen-bond acceptors (Lipinski definition) is 2. The number of aromatic nitrogens is 1. The Hall–Kier alpha value is -0.670. The highest BCUT2D eigenvalue weighted by molar-refractivity contribution is 9.10. The van der Waals surface area contributed by atoms with Crippen LogP contribution in [-0.4, -0.2) is 4.98 Å². The van der Waals surface area contributed by atoms with Gasteiger partial charge in [0.15, 0.2) is 0 Å². The van der Waals surface area contributed by atoms with Gasteiger partial charge in [0.05, 0.1) is 11.7 Å². The van der Waals surface area contributed by atoms with Gasteiger partial charge in [-0.05, 0) is 40.9 Å². The van der Waals surface area contributed by atoms with Crippen LogP contribution in [0.5, 0.6) is 0 Å². The van der Waals surface area contributed by atoms with Gasteiger partial charge in [-0.25, -0.2) is 0 Å². The molecule has 1 rings (SSSR count). The third-order valence-electron chi connectivity index (χ3n) is 1.78. The summed E-state index contributed by atoms with van der Waals surface area (Å²) in [5, 5.41) is 0. The summed E-state index contributed by atoms with van der Waals surface area (Å²) in [4.78, 5) is 4.28. The molecule has 70 valence electrons. The zero-order chi connectivity index (χ0) is 9.84. The Balaban J connectivity index is 2.94. The van der Waals surface area contributed by atoms with Crippen molar-refractivity contribution in [1.29, 1.82) is 0 Å². The van der Waals surface area contributed by atoms with Crippen molar-refractivity contribution in [2.45, 2.75) is 19.4 Å². The molecule has 0 aliphatic heterocycles. The maximum atomic E-state index is 5.89. The van der Waals surface area contributed by atoms with Gasteiger partial charge in [0, 0.05) is 10.7 Å². The number of pyridine rings is 1. The largest absolute Gasteiger partial charge is 0.322 e. The van der Waals surface area contributed by atoms with Crippen LogP contribution in [-0.2, 0) is 0 Å². The van der Waals surface area contributed by atoms with Gasteiger partial charge in [0.1, 0.15) is 0 Å². The Morgan fingerprint density at radius 3 is 3.00 bits per heavy atom. The summed E-state index contributed by atoms with van der Waals surface area (Å²) in [6.07, 6.45) is 4.37. The smallest absolute Gasteiger partial charge is 0.0716 e. The number of aryl methyl sites for hydroxylation is 1. The van der Waals surface area contributed by atoms with E-state index in [0.717, 1.165) is 22.2 Å². The Morgan fingerprint density at radius 1 is 1.77 bits per heavy atom. The monoisotopic (exact) mass is 240 g/mol. The lowest BCUT2D eigenvalue weighted by Gasteiger charge is -2.10. The van der Waals surface area contributed by atoms with Crippen LogP contribution >= 0.6 is 15.9 Å². The molecule has 0 fully saturated rings. The molecule has 2 nitrogen and oxygen atoms in total. The van der Waals surface area contributed by atoms with Crippen LogP contribution in [0.2, 0.25) is 0 Å². The van der Waals surface area contributed by atoms with Gasteiger partial charge in [0.25, 0.3) is 0 Å². The van der Waals surface area contributed by atoms with E-state index >= 15 is 0 Å². The maximum Gasteiger partial charge on any atom is 0.0716 e. The van der Waals surface area contributed by atoms with Crippen LogP contribution < -0.4 is 5.73 Å². The fraction of sp³-hybridized carbons (Fsp3) is 0.300. The van der Waals surface area contributed by atoms with Crippen LogP contribution in [0.25, 0.3) is 0 Å². The standard InChI is InChI=1S/C10H13BrN2/c1-3-4-9(12)10-8(11)5-7(2)6-13-10/h3,5-6,9H,1,4,12H2,2H3. The van der Waals surface area contributed by atoms with E-state index in [4.69, 9.17) is 5.73 Å². The molecule has 0 aliphatic carbocycles. The van der Waals surface area contributed by atoms with Crippen molar-refractivity contribution in [1.82, 2.24) is 4.98 Å². The lowest BCUT2D eigenvalue weighted by Crippen LogP contribution is -2.11. The third-order valence-corrected chi connectivity index (χ3v) is 2.41. The molecule has 0 bridgehead atoms. The first-order valence-electron chi connectivity index (χ1n) is 4.13. The van der Waals surface area contributed by atoms with Crippen molar-refractivity contribution in [3.05, 3.63) is 40.6 Å². The number of hydrogen-bond donors (Lipinski definition) is 1. The van der Waals surface area contributed by atoms with E-state index in [1.165, 1.54) is 0 Å². The maximum absolute atomic E-state index is 5.89.